The number of aromatic nitrogens is 1. The Morgan fingerprint density at radius 1 is 1.19 bits per heavy atom. The highest BCUT2D eigenvalue weighted by molar-refractivity contribution is 9.10. The third-order valence-corrected chi connectivity index (χ3v) is 3.68. The van der Waals surface area contributed by atoms with Crippen LogP contribution in [0.2, 0.25) is 0 Å². The molecule has 0 fully saturated rings. The first-order valence-corrected chi connectivity index (χ1v) is 7.50. The van der Waals surface area contributed by atoms with Crippen LogP contribution in [0.5, 0.6) is 0 Å². The Morgan fingerprint density at radius 3 is 2.48 bits per heavy atom. The van der Waals surface area contributed by atoms with Gasteiger partial charge >= 0.3 is 0 Å². The molecule has 1 heterocycles. The van der Waals surface area contributed by atoms with Crippen molar-refractivity contribution in [2.24, 2.45) is 5.10 Å². The largest absolute Gasteiger partial charge is 0.354 e. The highest BCUT2D eigenvalue weighted by Gasteiger charge is 2.09. The molecular formula is C15H15BrN4S. The van der Waals surface area contributed by atoms with Gasteiger partial charge in [0, 0.05) is 30.3 Å². The molecule has 4 nitrogen and oxygen atoms in total. The van der Waals surface area contributed by atoms with Crippen LogP contribution in [0.4, 0.5) is 0 Å². The first-order chi connectivity index (χ1) is 10.1. The Morgan fingerprint density at radius 2 is 1.90 bits per heavy atom. The van der Waals surface area contributed by atoms with Crippen LogP contribution in [0, 0.1) is 0 Å². The summed E-state index contributed by atoms with van der Waals surface area (Å²) in [5.74, 6) is 0. The molecular weight excluding hydrogens is 348 g/mol. The maximum atomic E-state index is 5.20. The molecule has 108 valence electrons. The predicted octanol–water partition coefficient (Wildman–Crippen LogP) is 3.03. The van der Waals surface area contributed by atoms with Crippen LogP contribution in [0.15, 0.2) is 58.2 Å². The van der Waals surface area contributed by atoms with Gasteiger partial charge in [-0.3, -0.25) is 10.4 Å². The van der Waals surface area contributed by atoms with Crippen LogP contribution in [0.25, 0.3) is 0 Å². The Hall–Kier alpha value is -1.79. The quantitative estimate of drug-likeness (QED) is 0.517. The molecule has 0 unspecified atom stereocenters. The van der Waals surface area contributed by atoms with Crippen molar-refractivity contribution in [2.45, 2.75) is 0 Å². The smallest absolute Gasteiger partial charge is 0.189 e. The zero-order valence-corrected chi connectivity index (χ0v) is 14.1. The van der Waals surface area contributed by atoms with Crippen molar-refractivity contribution in [3.8, 4) is 0 Å². The summed E-state index contributed by atoms with van der Waals surface area (Å²) in [6.45, 7) is 0. The van der Waals surface area contributed by atoms with Crippen molar-refractivity contribution in [1.29, 1.82) is 0 Å². The number of rotatable bonds is 3. The Balaban J connectivity index is 2.37. The third-order valence-electron chi connectivity index (χ3n) is 2.69. The summed E-state index contributed by atoms with van der Waals surface area (Å²) >= 11 is 8.63. The van der Waals surface area contributed by atoms with E-state index in [1.165, 1.54) is 0 Å². The predicted molar refractivity (Wildman–Crippen MR) is 93.4 cm³/mol. The SMILES string of the molecule is CN(C)C(=S)N/N=C(\c1ccc(Br)cc1)c1ccccn1. The van der Waals surface area contributed by atoms with Gasteiger partial charge in [-0.2, -0.15) is 5.10 Å². The summed E-state index contributed by atoms with van der Waals surface area (Å²) in [7, 11) is 3.73. The monoisotopic (exact) mass is 362 g/mol. The van der Waals surface area contributed by atoms with Gasteiger partial charge in [-0.1, -0.05) is 34.1 Å². The van der Waals surface area contributed by atoms with Crippen LogP contribution in [-0.4, -0.2) is 34.8 Å². The average Bonchev–Trinajstić information content (AvgIpc) is 2.50. The second kappa shape index (κ2) is 7.28. The molecule has 0 aliphatic carbocycles. The van der Waals surface area contributed by atoms with E-state index in [0.29, 0.717) is 5.11 Å². The van der Waals surface area contributed by atoms with Crippen molar-refractivity contribution in [1.82, 2.24) is 15.3 Å². The minimum Gasteiger partial charge on any atom is -0.354 e. The molecule has 0 saturated heterocycles. The highest BCUT2D eigenvalue weighted by Crippen LogP contribution is 2.14. The number of hydrogen-bond acceptors (Lipinski definition) is 3. The number of pyridine rings is 1. The summed E-state index contributed by atoms with van der Waals surface area (Å²) in [6.07, 6.45) is 1.74. The molecule has 1 aromatic heterocycles. The number of halogens is 1. The van der Waals surface area contributed by atoms with Crippen molar-refractivity contribution < 1.29 is 0 Å². The lowest BCUT2D eigenvalue weighted by Gasteiger charge is -2.13. The normalized spacial score (nSPS) is 11.1. The van der Waals surface area contributed by atoms with E-state index in [1.54, 1.807) is 11.1 Å². The van der Waals surface area contributed by atoms with Gasteiger partial charge in [-0.15, -0.1) is 0 Å². The van der Waals surface area contributed by atoms with Crippen molar-refractivity contribution in [2.75, 3.05) is 14.1 Å². The molecule has 0 radical (unpaired) electrons. The van der Waals surface area contributed by atoms with Crippen LogP contribution in [0.1, 0.15) is 11.3 Å². The Bertz CT molecular complexity index is 638. The number of thiocarbonyl (C=S) groups is 1. The molecule has 0 bridgehead atoms. The van der Waals surface area contributed by atoms with Gasteiger partial charge in [-0.25, -0.2) is 0 Å². The van der Waals surface area contributed by atoms with Gasteiger partial charge in [-0.05, 0) is 36.5 Å². The summed E-state index contributed by atoms with van der Waals surface area (Å²) in [6, 6.07) is 13.6. The van der Waals surface area contributed by atoms with Crippen LogP contribution >= 0.6 is 28.1 Å². The van der Waals surface area contributed by atoms with Gasteiger partial charge in [0.15, 0.2) is 5.11 Å². The summed E-state index contributed by atoms with van der Waals surface area (Å²) in [5.41, 5.74) is 5.38. The van der Waals surface area contributed by atoms with E-state index in [0.717, 1.165) is 21.4 Å². The van der Waals surface area contributed by atoms with E-state index in [2.05, 4.69) is 31.4 Å². The molecule has 2 rings (SSSR count). The maximum Gasteiger partial charge on any atom is 0.189 e. The Kier molecular flexibility index (Phi) is 5.41. The van der Waals surface area contributed by atoms with Crippen LogP contribution < -0.4 is 5.43 Å². The second-order valence-corrected chi connectivity index (χ2v) is 5.80. The standard InChI is InChI=1S/C15H15BrN4S/c1-20(2)15(21)19-18-14(13-5-3-4-10-17-13)11-6-8-12(16)9-7-11/h3-10H,1-2H3,(H,19,21)/b18-14+. The molecule has 0 aliphatic rings. The summed E-state index contributed by atoms with van der Waals surface area (Å²) in [4.78, 5) is 6.15. The fraction of sp³-hybridized carbons (Fsp3) is 0.133. The van der Waals surface area contributed by atoms with E-state index < -0.39 is 0 Å². The lowest BCUT2D eigenvalue weighted by atomic mass is 10.1. The first kappa shape index (κ1) is 15.6. The number of nitrogens with one attached hydrogen (secondary N) is 1. The highest BCUT2D eigenvalue weighted by atomic mass is 79.9. The molecule has 6 heteroatoms. The molecule has 0 aliphatic heterocycles. The van der Waals surface area contributed by atoms with Gasteiger partial charge in [0.2, 0.25) is 0 Å². The summed E-state index contributed by atoms with van der Waals surface area (Å²) < 4.78 is 1.02. The van der Waals surface area contributed by atoms with Crippen molar-refractivity contribution in [3.63, 3.8) is 0 Å². The topological polar surface area (TPSA) is 40.5 Å². The minimum atomic E-state index is 0.542. The third kappa shape index (κ3) is 4.34. The lowest BCUT2D eigenvalue weighted by Crippen LogP contribution is -2.31. The summed E-state index contributed by atoms with van der Waals surface area (Å²) in [5, 5.41) is 4.96. The van der Waals surface area contributed by atoms with E-state index in [9.17, 15) is 0 Å². The number of hydrogen-bond donors (Lipinski definition) is 1. The second-order valence-electron chi connectivity index (χ2n) is 4.49. The van der Waals surface area contributed by atoms with Gasteiger partial charge in [0.1, 0.15) is 5.71 Å². The van der Waals surface area contributed by atoms with Crippen molar-refractivity contribution in [3.05, 3.63) is 64.4 Å². The molecule has 2 aromatic rings. The lowest BCUT2D eigenvalue weighted by molar-refractivity contribution is 0.606. The average molecular weight is 363 g/mol. The van der Waals surface area contributed by atoms with Crippen LogP contribution in [-0.2, 0) is 0 Å². The first-order valence-electron chi connectivity index (χ1n) is 6.30. The zero-order chi connectivity index (χ0) is 15.2. The van der Waals surface area contributed by atoms with E-state index in [4.69, 9.17) is 12.2 Å². The fourth-order valence-electron chi connectivity index (χ4n) is 1.58. The molecule has 0 spiro atoms. The molecule has 21 heavy (non-hydrogen) atoms. The number of nitrogens with zero attached hydrogens (tertiary/aromatic N) is 3. The zero-order valence-electron chi connectivity index (χ0n) is 11.7. The molecule has 1 N–H and O–H groups in total. The maximum absolute atomic E-state index is 5.20. The van der Waals surface area contributed by atoms with Crippen molar-refractivity contribution >= 4 is 39.0 Å². The van der Waals surface area contributed by atoms with Gasteiger partial charge < -0.3 is 4.90 Å². The fourth-order valence-corrected chi connectivity index (χ4v) is 1.89. The molecule has 0 amide bonds. The van der Waals surface area contributed by atoms with E-state index in [1.807, 2.05) is 56.6 Å². The molecule has 0 saturated carbocycles. The molecule has 0 atom stereocenters. The minimum absolute atomic E-state index is 0.542. The number of hydrazone groups is 1. The van der Waals surface area contributed by atoms with E-state index >= 15 is 0 Å². The number of benzene rings is 1. The van der Waals surface area contributed by atoms with Gasteiger partial charge in [0.05, 0.1) is 5.69 Å². The van der Waals surface area contributed by atoms with Crippen LogP contribution in [0.3, 0.4) is 0 Å². The van der Waals surface area contributed by atoms with Gasteiger partial charge in [0.25, 0.3) is 0 Å². The molecule has 1 aromatic carbocycles. The Labute approximate surface area is 138 Å². The van der Waals surface area contributed by atoms with E-state index in [-0.39, 0.29) is 0 Å².